The van der Waals surface area contributed by atoms with Crippen LogP contribution in [0.15, 0.2) is 78.9 Å². The number of hydrogen-bond donors (Lipinski definition) is 0. The minimum Gasteiger partial charge on any atom is -0.491 e. The molecule has 0 aromatic heterocycles. The summed E-state index contributed by atoms with van der Waals surface area (Å²) >= 11 is 0. The van der Waals surface area contributed by atoms with E-state index in [2.05, 4.69) is 48.5 Å². The average molecular weight is 474 g/mol. The van der Waals surface area contributed by atoms with Crippen LogP contribution < -0.4 is 9.47 Å². The number of carbonyl (C=O) groups is 1. The Kier molecular flexibility index (Phi) is 9.77. The molecule has 0 spiro atoms. The Balaban J connectivity index is 1.76. The molecule has 3 rings (SSSR count). The Hall–Kier alpha value is -3.27. The fraction of sp³-hybridized carbons (Fsp3) is 0.387. The molecule has 4 nitrogen and oxygen atoms in total. The first-order chi connectivity index (χ1) is 16.9. The lowest BCUT2D eigenvalue weighted by molar-refractivity contribution is -0.131. The lowest BCUT2D eigenvalue weighted by atomic mass is 9.88. The van der Waals surface area contributed by atoms with E-state index in [0.29, 0.717) is 19.5 Å². The molecule has 0 N–H and O–H groups in total. The van der Waals surface area contributed by atoms with Crippen molar-refractivity contribution in [3.05, 3.63) is 95.6 Å². The third-order valence-electron chi connectivity index (χ3n) is 5.87. The van der Waals surface area contributed by atoms with E-state index < -0.39 is 0 Å². The summed E-state index contributed by atoms with van der Waals surface area (Å²) in [7, 11) is 0. The predicted molar refractivity (Wildman–Crippen MR) is 143 cm³/mol. The van der Waals surface area contributed by atoms with Crippen molar-refractivity contribution in [3.8, 4) is 11.5 Å². The largest absolute Gasteiger partial charge is 0.491 e. The van der Waals surface area contributed by atoms with Gasteiger partial charge in [-0.1, -0.05) is 61.5 Å². The Morgan fingerprint density at radius 2 is 1.26 bits per heavy atom. The van der Waals surface area contributed by atoms with Crippen LogP contribution in [0.3, 0.4) is 0 Å². The number of benzene rings is 3. The number of rotatable bonds is 12. The Morgan fingerprint density at radius 1 is 0.743 bits per heavy atom. The van der Waals surface area contributed by atoms with Crippen LogP contribution in [0, 0.1) is 0 Å². The molecule has 0 heterocycles. The van der Waals surface area contributed by atoms with Crippen LogP contribution >= 0.6 is 0 Å². The van der Waals surface area contributed by atoms with Crippen LogP contribution in [0.2, 0.25) is 0 Å². The Morgan fingerprint density at radius 3 is 1.77 bits per heavy atom. The van der Waals surface area contributed by atoms with E-state index in [1.54, 1.807) is 0 Å². The van der Waals surface area contributed by atoms with E-state index in [1.807, 2.05) is 69.9 Å². The second-order valence-electron chi connectivity index (χ2n) is 9.47. The van der Waals surface area contributed by atoms with Gasteiger partial charge in [0.25, 0.3) is 0 Å². The highest BCUT2D eigenvalue weighted by molar-refractivity contribution is 5.75. The SMILES string of the molecule is CCC(=O)N(CC[C@H](c1ccccc1)c1ccc(OC(C)C)cc1)Cc1ccc(OC(C)C)cc1. The quantitative estimate of drug-likeness (QED) is 0.279. The highest BCUT2D eigenvalue weighted by Gasteiger charge is 2.19. The molecule has 0 saturated heterocycles. The van der Waals surface area contributed by atoms with Crippen molar-refractivity contribution in [2.75, 3.05) is 6.54 Å². The molecule has 0 aliphatic rings. The van der Waals surface area contributed by atoms with Gasteiger partial charge < -0.3 is 14.4 Å². The van der Waals surface area contributed by atoms with Gasteiger partial charge in [0.1, 0.15) is 11.5 Å². The standard InChI is InChI=1S/C31H39NO3/c1-6-31(33)32(22-25-12-16-28(17-13-25)34-23(2)3)21-20-30(26-10-8-7-9-11-26)27-14-18-29(19-15-27)35-24(4)5/h7-19,23-24,30H,6,20-22H2,1-5H3/t30-/m1/s1. The van der Waals surface area contributed by atoms with Gasteiger partial charge in [-0.2, -0.15) is 0 Å². The van der Waals surface area contributed by atoms with Gasteiger partial charge in [0, 0.05) is 25.4 Å². The summed E-state index contributed by atoms with van der Waals surface area (Å²) in [5.41, 5.74) is 3.59. The van der Waals surface area contributed by atoms with Gasteiger partial charge in [-0.3, -0.25) is 4.79 Å². The summed E-state index contributed by atoms with van der Waals surface area (Å²) in [5.74, 6) is 2.09. The maximum Gasteiger partial charge on any atom is 0.222 e. The van der Waals surface area contributed by atoms with Gasteiger partial charge in [-0.15, -0.1) is 0 Å². The molecule has 0 unspecified atom stereocenters. The molecule has 35 heavy (non-hydrogen) atoms. The molecule has 1 atom stereocenters. The van der Waals surface area contributed by atoms with E-state index >= 15 is 0 Å². The molecule has 4 heteroatoms. The van der Waals surface area contributed by atoms with Crippen LogP contribution in [-0.4, -0.2) is 29.6 Å². The molecule has 3 aromatic rings. The first-order valence-corrected chi connectivity index (χ1v) is 12.7. The third kappa shape index (κ3) is 8.17. The van der Waals surface area contributed by atoms with Crippen LogP contribution in [0.4, 0.5) is 0 Å². The zero-order chi connectivity index (χ0) is 25.2. The first kappa shape index (κ1) is 26.3. The molecule has 1 amide bonds. The molecule has 0 fully saturated rings. The molecule has 0 aliphatic carbocycles. The van der Waals surface area contributed by atoms with Crippen molar-refractivity contribution in [2.45, 2.75) is 72.1 Å². The van der Waals surface area contributed by atoms with Crippen LogP contribution in [0.5, 0.6) is 11.5 Å². The van der Waals surface area contributed by atoms with E-state index in [1.165, 1.54) is 11.1 Å². The lowest BCUT2D eigenvalue weighted by Gasteiger charge is -2.26. The van der Waals surface area contributed by atoms with Crippen LogP contribution in [-0.2, 0) is 11.3 Å². The summed E-state index contributed by atoms with van der Waals surface area (Å²) in [6.07, 6.45) is 1.62. The van der Waals surface area contributed by atoms with Gasteiger partial charge in [-0.05, 0) is 75.1 Å². The Bertz CT molecular complexity index is 1030. The van der Waals surface area contributed by atoms with Crippen molar-refractivity contribution >= 4 is 5.91 Å². The molecule has 0 bridgehead atoms. The summed E-state index contributed by atoms with van der Waals surface area (Å²) < 4.78 is 11.6. The zero-order valence-electron chi connectivity index (χ0n) is 21.7. The summed E-state index contributed by atoms with van der Waals surface area (Å²) in [6.45, 7) is 11.3. The average Bonchev–Trinajstić information content (AvgIpc) is 2.85. The molecular weight excluding hydrogens is 434 g/mol. The monoisotopic (exact) mass is 473 g/mol. The first-order valence-electron chi connectivity index (χ1n) is 12.7. The normalized spacial score (nSPS) is 12.0. The number of hydrogen-bond acceptors (Lipinski definition) is 3. The maximum absolute atomic E-state index is 12.8. The van der Waals surface area contributed by atoms with Gasteiger partial charge in [0.05, 0.1) is 12.2 Å². The smallest absolute Gasteiger partial charge is 0.222 e. The van der Waals surface area contributed by atoms with Gasteiger partial charge in [0.2, 0.25) is 5.91 Å². The maximum atomic E-state index is 12.8. The van der Waals surface area contributed by atoms with E-state index in [-0.39, 0.29) is 24.0 Å². The van der Waals surface area contributed by atoms with Crippen LogP contribution in [0.1, 0.15) is 70.1 Å². The van der Waals surface area contributed by atoms with Crippen LogP contribution in [0.25, 0.3) is 0 Å². The molecular formula is C31H39NO3. The van der Waals surface area contributed by atoms with Crippen molar-refractivity contribution in [1.29, 1.82) is 0 Å². The van der Waals surface area contributed by atoms with Crippen molar-refractivity contribution in [1.82, 2.24) is 4.90 Å². The molecule has 0 saturated carbocycles. The second-order valence-corrected chi connectivity index (χ2v) is 9.47. The second kappa shape index (κ2) is 13.0. The van der Waals surface area contributed by atoms with Gasteiger partial charge >= 0.3 is 0 Å². The fourth-order valence-corrected chi connectivity index (χ4v) is 4.23. The minimum atomic E-state index is 0.139. The zero-order valence-corrected chi connectivity index (χ0v) is 21.7. The van der Waals surface area contributed by atoms with E-state index in [9.17, 15) is 4.79 Å². The van der Waals surface area contributed by atoms with Crippen molar-refractivity contribution in [2.24, 2.45) is 0 Å². The highest BCUT2D eigenvalue weighted by atomic mass is 16.5. The topological polar surface area (TPSA) is 38.8 Å². The fourth-order valence-electron chi connectivity index (χ4n) is 4.23. The molecule has 0 aliphatic heterocycles. The number of nitrogens with zero attached hydrogens (tertiary/aromatic N) is 1. The third-order valence-corrected chi connectivity index (χ3v) is 5.87. The molecule has 186 valence electrons. The summed E-state index contributed by atoms with van der Waals surface area (Å²) in [5, 5.41) is 0. The van der Waals surface area contributed by atoms with E-state index in [4.69, 9.17) is 9.47 Å². The molecule has 3 aromatic carbocycles. The lowest BCUT2D eigenvalue weighted by Crippen LogP contribution is -2.31. The number of amides is 1. The van der Waals surface area contributed by atoms with Gasteiger partial charge in [-0.25, -0.2) is 0 Å². The number of carbonyl (C=O) groups excluding carboxylic acids is 1. The Labute approximate surface area is 210 Å². The van der Waals surface area contributed by atoms with Crippen molar-refractivity contribution in [3.63, 3.8) is 0 Å². The summed E-state index contributed by atoms with van der Waals surface area (Å²) in [6, 6.07) is 27.0. The number of ether oxygens (including phenoxy) is 2. The van der Waals surface area contributed by atoms with Gasteiger partial charge in [0.15, 0.2) is 0 Å². The van der Waals surface area contributed by atoms with Crippen molar-refractivity contribution < 1.29 is 14.3 Å². The molecule has 0 radical (unpaired) electrons. The highest BCUT2D eigenvalue weighted by Crippen LogP contribution is 2.30. The summed E-state index contributed by atoms with van der Waals surface area (Å²) in [4.78, 5) is 14.8. The predicted octanol–water partition coefficient (Wildman–Crippen LogP) is 7.22. The van der Waals surface area contributed by atoms with E-state index in [0.717, 1.165) is 23.5 Å². The minimum absolute atomic E-state index is 0.139.